The fourth-order valence-electron chi connectivity index (χ4n) is 3.13. The van der Waals surface area contributed by atoms with Crippen LogP contribution < -0.4 is 14.8 Å². The average molecular weight is 437 g/mol. The summed E-state index contributed by atoms with van der Waals surface area (Å²) in [7, 11) is 0. The predicted octanol–water partition coefficient (Wildman–Crippen LogP) is 4.12. The third-order valence-electron chi connectivity index (χ3n) is 4.62. The highest BCUT2D eigenvalue weighted by molar-refractivity contribution is 7.16. The monoisotopic (exact) mass is 436 g/mol. The molecular weight excluding hydrogens is 412 g/mol. The molecule has 0 bridgehead atoms. The van der Waals surface area contributed by atoms with Crippen molar-refractivity contribution >= 4 is 34.8 Å². The van der Waals surface area contributed by atoms with Crippen molar-refractivity contribution in [2.75, 3.05) is 26.3 Å². The summed E-state index contributed by atoms with van der Waals surface area (Å²) in [6.45, 7) is 4.23. The van der Waals surface area contributed by atoms with Crippen LogP contribution in [0.1, 0.15) is 41.4 Å². The summed E-state index contributed by atoms with van der Waals surface area (Å²) < 4.78 is 12.0. The summed E-state index contributed by atoms with van der Waals surface area (Å²) >= 11 is 7.35. The van der Waals surface area contributed by atoms with Gasteiger partial charge in [0.1, 0.15) is 0 Å². The molecule has 3 rings (SSSR count). The molecule has 1 saturated heterocycles. The lowest BCUT2D eigenvalue weighted by molar-refractivity contribution is -0.134. The van der Waals surface area contributed by atoms with E-state index in [0.29, 0.717) is 34.6 Å². The van der Waals surface area contributed by atoms with Gasteiger partial charge in [0.15, 0.2) is 18.1 Å². The Labute approximate surface area is 179 Å². The Morgan fingerprint density at radius 3 is 2.59 bits per heavy atom. The Kier molecular flexibility index (Phi) is 7.77. The first-order valence-corrected chi connectivity index (χ1v) is 11.0. The Bertz CT molecular complexity index is 849. The van der Waals surface area contributed by atoms with Gasteiger partial charge in [-0.3, -0.25) is 9.59 Å². The molecule has 156 valence electrons. The minimum Gasteiger partial charge on any atom is -0.490 e. The van der Waals surface area contributed by atoms with Crippen LogP contribution in [0.3, 0.4) is 0 Å². The topological polar surface area (TPSA) is 67.9 Å². The quantitative estimate of drug-likeness (QED) is 0.675. The van der Waals surface area contributed by atoms with Crippen LogP contribution in [0.2, 0.25) is 4.34 Å². The molecule has 0 spiro atoms. The van der Waals surface area contributed by atoms with E-state index in [-0.39, 0.29) is 18.4 Å². The Hall–Kier alpha value is -2.25. The highest BCUT2D eigenvalue weighted by atomic mass is 35.5. The molecule has 8 heteroatoms. The van der Waals surface area contributed by atoms with Crippen molar-refractivity contribution in [2.45, 2.75) is 32.7 Å². The average Bonchev–Trinajstić information content (AvgIpc) is 3.16. The number of benzene rings is 1. The fraction of sp³-hybridized carbons (Fsp3) is 0.429. The van der Waals surface area contributed by atoms with Crippen LogP contribution in [0.25, 0.3) is 0 Å². The number of likely N-dealkylation sites (tertiary alicyclic amines) is 1. The number of hydrogen-bond acceptors (Lipinski definition) is 5. The number of nitrogens with zero attached hydrogens (tertiary/aromatic N) is 1. The van der Waals surface area contributed by atoms with Crippen molar-refractivity contribution in [3.63, 3.8) is 0 Å². The van der Waals surface area contributed by atoms with Gasteiger partial charge < -0.3 is 19.7 Å². The maximum atomic E-state index is 12.5. The Morgan fingerprint density at radius 2 is 1.90 bits per heavy atom. The number of halogens is 1. The second-order valence-electron chi connectivity index (χ2n) is 6.71. The van der Waals surface area contributed by atoms with Gasteiger partial charge in [-0.25, -0.2) is 0 Å². The van der Waals surface area contributed by atoms with Crippen molar-refractivity contribution in [2.24, 2.45) is 0 Å². The zero-order valence-electron chi connectivity index (χ0n) is 16.4. The van der Waals surface area contributed by atoms with E-state index in [0.717, 1.165) is 30.8 Å². The predicted molar refractivity (Wildman–Crippen MR) is 114 cm³/mol. The van der Waals surface area contributed by atoms with Crippen LogP contribution in [-0.4, -0.2) is 43.0 Å². The highest BCUT2D eigenvalue weighted by Crippen LogP contribution is 2.29. The third-order valence-corrected chi connectivity index (χ3v) is 5.85. The molecule has 1 fully saturated rings. The summed E-state index contributed by atoms with van der Waals surface area (Å²) in [5, 5.41) is 2.87. The molecule has 1 N–H and O–H groups in total. The Balaban J connectivity index is 1.61. The smallest absolute Gasteiger partial charge is 0.260 e. The first kappa shape index (κ1) is 21.5. The Morgan fingerprint density at radius 1 is 1.10 bits per heavy atom. The summed E-state index contributed by atoms with van der Waals surface area (Å²) in [5.74, 6) is 0.666. The van der Waals surface area contributed by atoms with E-state index in [9.17, 15) is 9.59 Å². The third kappa shape index (κ3) is 6.11. The van der Waals surface area contributed by atoms with Crippen LogP contribution >= 0.6 is 22.9 Å². The highest BCUT2D eigenvalue weighted by Gasteiger charge is 2.18. The molecule has 2 aromatic rings. The number of carbonyl (C=O) groups is 2. The summed E-state index contributed by atoms with van der Waals surface area (Å²) in [6, 6.07) is 8.67. The second-order valence-corrected chi connectivity index (χ2v) is 8.51. The van der Waals surface area contributed by atoms with Crippen molar-refractivity contribution in [3.8, 4) is 11.5 Å². The number of carbonyl (C=O) groups excluding carboxylic acids is 2. The van der Waals surface area contributed by atoms with Gasteiger partial charge in [0.2, 0.25) is 0 Å². The number of piperidine rings is 1. The van der Waals surface area contributed by atoms with Gasteiger partial charge in [0.05, 0.1) is 17.5 Å². The number of nitrogens with one attached hydrogen (secondary N) is 1. The van der Waals surface area contributed by atoms with Crippen LogP contribution in [0, 0.1) is 0 Å². The largest absolute Gasteiger partial charge is 0.490 e. The molecule has 2 amide bonds. The maximum absolute atomic E-state index is 12.5. The van der Waals surface area contributed by atoms with Crippen molar-refractivity contribution < 1.29 is 19.1 Å². The van der Waals surface area contributed by atoms with Crippen LogP contribution in [0.5, 0.6) is 11.5 Å². The molecule has 2 heterocycles. The van der Waals surface area contributed by atoms with Gasteiger partial charge >= 0.3 is 0 Å². The van der Waals surface area contributed by atoms with Crippen LogP contribution in [0.4, 0.5) is 0 Å². The normalized spacial score (nSPS) is 13.8. The minimum absolute atomic E-state index is 0.0245. The number of hydrogen-bond donors (Lipinski definition) is 1. The molecule has 0 atom stereocenters. The molecule has 0 radical (unpaired) electrons. The zero-order chi connectivity index (χ0) is 20.6. The summed E-state index contributed by atoms with van der Waals surface area (Å²) in [5.41, 5.74) is 0.464. The number of ether oxygens (including phenoxy) is 2. The maximum Gasteiger partial charge on any atom is 0.260 e. The molecule has 1 aromatic heterocycles. The fourth-order valence-corrected chi connectivity index (χ4v) is 4.15. The molecule has 1 aromatic carbocycles. The SMILES string of the molecule is CCOc1cc(C(=O)NCc2ccc(Cl)s2)ccc1OCC(=O)N1CCCCC1. The zero-order valence-corrected chi connectivity index (χ0v) is 18.0. The van der Waals surface area contributed by atoms with Gasteiger partial charge in [0.25, 0.3) is 11.8 Å². The van der Waals surface area contributed by atoms with E-state index in [4.69, 9.17) is 21.1 Å². The van der Waals surface area contributed by atoms with Gasteiger partial charge in [-0.05, 0) is 56.5 Å². The molecule has 0 saturated carbocycles. The molecule has 0 aliphatic carbocycles. The van der Waals surface area contributed by atoms with Crippen LogP contribution in [0.15, 0.2) is 30.3 Å². The molecule has 29 heavy (non-hydrogen) atoms. The van der Waals surface area contributed by atoms with E-state index in [1.807, 2.05) is 17.9 Å². The first-order valence-electron chi connectivity index (χ1n) is 9.76. The first-order chi connectivity index (χ1) is 14.1. The van der Waals surface area contributed by atoms with E-state index < -0.39 is 0 Å². The van der Waals surface area contributed by atoms with E-state index in [1.54, 1.807) is 24.3 Å². The van der Waals surface area contributed by atoms with Crippen molar-refractivity contribution in [3.05, 3.63) is 45.1 Å². The van der Waals surface area contributed by atoms with Gasteiger partial charge in [0, 0.05) is 23.5 Å². The standard InChI is InChI=1S/C21H25ClN2O4S/c1-2-27-18-12-15(21(26)23-13-16-7-9-19(22)29-16)6-8-17(18)28-14-20(25)24-10-4-3-5-11-24/h6-9,12H,2-5,10-11,13-14H2,1H3,(H,23,26). The number of rotatable bonds is 8. The summed E-state index contributed by atoms with van der Waals surface area (Å²) in [4.78, 5) is 27.6. The van der Waals surface area contributed by atoms with Crippen molar-refractivity contribution in [1.29, 1.82) is 0 Å². The minimum atomic E-state index is -0.216. The molecule has 1 aliphatic heterocycles. The lowest BCUT2D eigenvalue weighted by Gasteiger charge is -2.26. The number of amides is 2. The van der Waals surface area contributed by atoms with Gasteiger partial charge in [-0.1, -0.05) is 11.6 Å². The lowest BCUT2D eigenvalue weighted by atomic mass is 10.1. The molecular formula is C21H25ClN2O4S. The van der Waals surface area contributed by atoms with Crippen LogP contribution in [-0.2, 0) is 11.3 Å². The van der Waals surface area contributed by atoms with E-state index in [2.05, 4.69) is 5.32 Å². The lowest BCUT2D eigenvalue weighted by Crippen LogP contribution is -2.38. The summed E-state index contributed by atoms with van der Waals surface area (Å²) in [6.07, 6.45) is 3.25. The molecule has 1 aliphatic rings. The van der Waals surface area contributed by atoms with Crippen molar-refractivity contribution in [1.82, 2.24) is 10.2 Å². The van der Waals surface area contributed by atoms with Gasteiger partial charge in [-0.2, -0.15) is 0 Å². The molecule has 0 unspecified atom stereocenters. The van der Waals surface area contributed by atoms with Gasteiger partial charge in [-0.15, -0.1) is 11.3 Å². The van der Waals surface area contributed by atoms with E-state index >= 15 is 0 Å². The molecule has 6 nitrogen and oxygen atoms in total. The number of thiophene rings is 1. The van der Waals surface area contributed by atoms with E-state index in [1.165, 1.54) is 17.8 Å². The second kappa shape index (κ2) is 10.5.